The molecule has 2 heterocycles. The summed E-state index contributed by atoms with van der Waals surface area (Å²) in [5.41, 5.74) is 1.33. The molecule has 1 saturated heterocycles. The number of rotatable bonds is 3. The van der Waals surface area contributed by atoms with Crippen molar-refractivity contribution in [1.82, 2.24) is 20.4 Å². The van der Waals surface area contributed by atoms with E-state index in [0.717, 1.165) is 18.5 Å². The van der Waals surface area contributed by atoms with Gasteiger partial charge in [0.15, 0.2) is 0 Å². The molecule has 1 aromatic carbocycles. The third kappa shape index (κ3) is 3.16. The zero-order valence-corrected chi connectivity index (χ0v) is 12.2. The second kappa shape index (κ2) is 6.43. The lowest BCUT2D eigenvalue weighted by Gasteiger charge is -2.15. The van der Waals surface area contributed by atoms with Gasteiger partial charge in [0.25, 0.3) is 5.91 Å². The second-order valence-corrected chi connectivity index (χ2v) is 5.31. The molecular weight excluding hydrogens is 280 g/mol. The average Bonchev–Trinajstić information content (AvgIpc) is 3.00. The predicted molar refractivity (Wildman–Crippen MR) is 81.7 cm³/mol. The molecule has 1 fully saturated rings. The molecule has 1 aromatic heterocycles. The highest BCUT2D eigenvalue weighted by Crippen LogP contribution is 2.11. The van der Waals surface area contributed by atoms with E-state index in [1.807, 2.05) is 18.3 Å². The molecule has 1 aliphatic heterocycles. The van der Waals surface area contributed by atoms with E-state index in [1.165, 1.54) is 0 Å². The molecule has 0 saturated carbocycles. The number of carbonyl (C=O) groups excluding carboxylic acids is 2. The summed E-state index contributed by atoms with van der Waals surface area (Å²) < 4.78 is 1.69. The van der Waals surface area contributed by atoms with Gasteiger partial charge in [0.1, 0.15) is 6.04 Å². The van der Waals surface area contributed by atoms with Crippen molar-refractivity contribution >= 4 is 11.8 Å². The highest BCUT2D eigenvalue weighted by molar-refractivity contribution is 5.98. The highest BCUT2D eigenvalue weighted by atomic mass is 16.2. The fraction of sp³-hybridized carbons (Fsp3) is 0.312. The first kappa shape index (κ1) is 14.3. The summed E-state index contributed by atoms with van der Waals surface area (Å²) >= 11 is 0. The van der Waals surface area contributed by atoms with E-state index in [1.54, 1.807) is 29.1 Å². The van der Waals surface area contributed by atoms with Crippen LogP contribution in [0.5, 0.6) is 0 Å². The maximum Gasteiger partial charge on any atom is 0.252 e. The lowest BCUT2D eigenvalue weighted by atomic mass is 10.1. The van der Waals surface area contributed by atoms with Crippen molar-refractivity contribution in [3.05, 3.63) is 48.3 Å². The van der Waals surface area contributed by atoms with Gasteiger partial charge in [-0.2, -0.15) is 5.10 Å². The van der Waals surface area contributed by atoms with Gasteiger partial charge in [-0.25, -0.2) is 4.68 Å². The van der Waals surface area contributed by atoms with E-state index in [2.05, 4.69) is 15.7 Å². The number of nitrogens with one attached hydrogen (secondary N) is 2. The Kier molecular flexibility index (Phi) is 4.18. The summed E-state index contributed by atoms with van der Waals surface area (Å²) in [4.78, 5) is 24.3. The van der Waals surface area contributed by atoms with Gasteiger partial charge < -0.3 is 10.6 Å². The maximum atomic E-state index is 12.4. The van der Waals surface area contributed by atoms with E-state index in [-0.39, 0.29) is 11.8 Å². The van der Waals surface area contributed by atoms with Gasteiger partial charge in [0.05, 0.1) is 5.69 Å². The molecule has 0 radical (unpaired) electrons. The lowest BCUT2D eigenvalue weighted by molar-refractivity contribution is -0.122. The summed E-state index contributed by atoms with van der Waals surface area (Å²) in [5, 5.41) is 9.78. The molecule has 2 aromatic rings. The maximum absolute atomic E-state index is 12.4. The molecule has 22 heavy (non-hydrogen) atoms. The number of aromatic nitrogens is 2. The lowest BCUT2D eigenvalue weighted by Crippen LogP contribution is -2.45. The van der Waals surface area contributed by atoms with Crippen molar-refractivity contribution in [2.75, 3.05) is 6.54 Å². The standard InChI is InChI=1S/C16H18N4O2/c21-15(19-14-7-1-2-8-17-16(14)22)12-5-3-6-13(11-12)20-10-4-9-18-20/h3-6,9-11,14H,1-2,7-8H2,(H,17,22)(H,19,21)/t14-/m0/s1. The molecular formula is C16H18N4O2. The van der Waals surface area contributed by atoms with E-state index >= 15 is 0 Å². The first-order valence-electron chi connectivity index (χ1n) is 7.43. The Morgan fingerprint density at radius 1 is 1.32 bits per heavy atom. The molecule has 1 atom stereocenters. The number of amides is 2. The first-order valence-corrected chi connectivity index (χ1v) is 7.43. The van der Waals surface area contributed by atoms with Crippen LogP contribution in [0.2, 0.25) is 0 Å². The topological polar surface area (TPSA) is 76.0 Å². The SMILES string of the molecule is O=C(N[C@H]1CCCCNC1=O)c1cccc(-n2cccn2)c1. The number of benzene rings is 1. The summed E-state index contributed by atoms with van der Waals surface area (Å²) in [5.74, 6) is -0.342. The number of hydrogen-bond acceptors (Lipinski definition) is 3. The van der Waals surface area contributed by atoms with Crippen LogP contribution in [0.25, 0.3) is 5.69 Å². The van der Waals surface area contributed by atoms with Crippen LogP contribution in [0.15, 0.2) is 42.7 Å². The molecule has 1 aliphatic rings. The summed E-state index contributed by atoms with van der Waals surface area (Å²) in [6.45, 7) is 0.681. The van der Waals surface area contributed by atoms with Gasteiger partial charge in [-0.1, -0.05) is 6.07 Å². The zero-order valence-electron chi connectivity index (χ0n) is 12.2. The molecule has 6 nitrogen and oxygen atoms in total. The third-order valence-electron chi connectivity index (χ3n) is 3.72. The quantitative estimate of drug-likeness (QED) is 0.896. The van der Waals surface area contributed by atoms with Gasteiger partial charge in [-0.05, 0) is 43.5 Å². The van der Waals surface area contributed by atoms with Crippen LogP contribution in [-0.4, -0.2) is 34.2 Å². The largest absolute Gasteiger partial charge is 0.354 e. The summed E-state index contributed by atoms with van der Waals surface area (Å²) in [7, 11) is 0. The molecule has 0 unspecified atom stereocenters. The Balaban J connectivity index is 1.74. The van der Waals surface area contributed by atoms with Crippen molar-refractivity contribution in [1.29, 1.82) is 0 Å². The normalized spacial score (nSPS) is 18.4. The smallest absolute Gasteiger partial charge is 0.252 e. The number of carbonyl (C=O) groups is 2. The van der Waals surface area contributed by atoms with Gasteiger partial charge in [0, 0.05) is 24.5 Å². The number of hydrogen-bond donors (Lipinski definition) is 2. The molecule has 2 amide bonds. The molecule has 0 aliphatic carbocycles. The van der Waals surface area contributed by atoms with Crippen molar-refractivity contribution < 1.29 is 9.59 Å². The molecule has 2 N–H and O–H groups in total. The minimum Gasteiger partial charge on any atom is -0.354 e. The molecule has 0 spiro atoms. The molecule has 114 valence electrons. The van der Waals surface area contributed by atoms with Crippen molar-refractivity contribution in [2.45, 2.75) is 25.3 Å². The van der Waals surface area contributed by atoms with Crippen LogP contribution in [-0.2, 0) is 4.79 Å². The minimum atomic E-state index is -0.455. The Labute approximate surface area is 128 Å². The van der Waals surface area contributed by atoms with E-state index in [4.69, 9.17) is 0 Å². The summed E-state index contributed by atoms with van der Waals surface area (Å²) in [6, 6.07) is 8.54. The molecule has 6 heteroatoms. The zero-order chi connectivity index (χ0) is 15.4. The predicted octanol–water partition coefficient (Wildman–Crippen LogP) is 1.27. The summed E-state index contributed by atoms with van der Waals surface area (Å²) in [6.07, 6.45) is 6.05. The minimum absolute atomic E-state index is 0.103. The highest BCUT2D eigenvalue weighted by Gasteiger charge is 2.22. The van der Waals surface area contributed by atoms with Gasteiger partial charge >= 0.3 is 0 Å². The van der Waals surface area contributed by atoms with Crippen LogP contribution in [0, 0.1) is 0 Å². The van der Waals surface area contributed by atoms with Gasteiger partial charge in [-0.3, -0.25) is 9.59 Å². The van der Waals surface area contributed by atoms with Gasteiger partial charge in [0.2, 0.25) is 5.91 Å². The van der Waals surface area contributed by atoms with Crippen LogP contribution in [0.3, 0.4) is 0 Å². The molecule has 3 rings (SSSR count). The third-order valence-corrected chi connectivity index (χ3v) is 3.72. The fourth-order valence-electron chi connectivity index (χ4n) is 2.53. The number of nitrogens with zero attached hydrogens (tertiary/aromatic N) is 2. The fourth-order valence-corrected chi connectivity index (χ4v) is 2.53. The van der Waals surface area contributed by atoms with Crippen LogP contribution < -0.4 is 10.6 Å². The Bertz CT molecular complexity index is 667. The van der Waals surface area contributed by atoms with Crippen LogP contribution >= 0.6 is 0 Å². The van der Waals surface area contributed by atoms with Crippen molar-refractivity contribution in [2.24, 2.45) is 0 Å². The Morgan fingerprint density at radius 3 is 3.05 bits per heavy atom. The van der Waals surface area contributed by atoms with E-state index in [9.17, 15) is 9.59 Å². The Hall–Kier alpha value is -2.63. The van der Waals surface area contributed by atoms with Crippen molar-refractivity contribution in [3.8, 4) is 5.69 Å². The van der Waals surface area contributed by atoms with Gasteiger partial charge in [-0.15, -0.1) is 0 Å². The van der Waals surface area contributed by atoms with E-state index < -0.39 is 6.04 Å². The van der Waals surface area contributed by atoms with Crippen molar-refractivity contribution in [3.63, 3.8) is 0 Å². The van der Waals surface area contributed by atoms with Crippen LogP contribution in [0.4, 0.5) is 0 Å². The molecule has 0 bridgehead atoms. The second-order valence-electron chi connectivity index (χ2n) is 5.31. The van der Waals surface area contributed by atoms with E-state index in [0.29, 0.717) is 18.5 Å². The average molecular weight is 298 g/mol. The first-order chi connectivity index (χ1) is 10.7. The monoisotopic (exact) mass is 298 g/mol. The van der Waals surface area contributed by atoms with Crippen LogP contribution in [0.1, 0.15) is 29.6 Å². The Morgan fingerprint density at radius 2 is 2.23 bits per heavy atom.